The molecule has 0 spiro atoms. The number of carbonyl (C=O) groups excluding carboxylic acids is 2. The van der Waals surface area contributed by atoms with Crippen LogP contribution in [-0.2, 0) is 4.79 Å². The van der Waals surface area contributed by atoms with Gasteiger partial charge in [0.2, 0.25) is 5.91 Å². The highest BCUT2D eigenvalue weighted by atomic mass is 35.5. The van der Waals surface area contributed by atoms with Crippen LogP contribution in [0.15, 0.2) is 102 Å². The lowest BCUT2D eigenvalue weighted by atomic mass is 10.1. The van der Waals surface area contributed by atoms with Crippen LogP contribution in [0.3, 0.4) is 0 Å². The summed E-state index contributed by atoms with van der Waals surface area (Å²) < 4.78 is 0. The molecule has 0 aliphatic carbocycles. The molecule has 1 unspecified atom stereocenters. The Balaban J connectivity index is 1.47. The van der Waals surface area contributed by atoms with Gasteiger partial charge in [0.1, 0.15) is 5.25 Å². The van der Waals surface area contributed by atoms with Crippen molar-refractivity contribution in [2.45, 2.75) is 10.1 Å². The van der Waals surface area contributed by atoms with Crippen molar-refractivity contribution in [1.29, 1.82) is 0 Å². The van der Waals surface area contributed by atoms with Crippen LogP contribution in [0.5, 0.6) is 0 Å². The quantitative estimate of drug-likeness (QED) is 0.133. The van der Waals surface area contributed by atoms with Gasteiger partial charge in [0.15, 0.2) is 0 Å². The SMILES string of the molecule is O=C(Nc1ccc(SC(C(=O)Nc2ccc(Cl)c(Cl)c2)c2ccccc2)cc1)c1ccc([N+](=O)[O-])cc1. The molecule has 10 heteroatoms. The molecule has 0 aliphatic rings. The second-order valence-electron chi connectivity index (χ2n) is 7.81. The summed E-state index contributed by atoms with van der Waals surface area (Å²) in [6.07, 6.45) is 0. The van der Waals surface area contributed by atoms with E-state index >= 15 is 0 Å². The van der Waals surface area contributed by atoms with Crippen molar-refractivity contribution >= 4 is 63.8 Å². The fraction of sp³-hybridized carbons (Fsp3) is 0.0370. The van der Waals surface area contributed by atoms with Crippen molar-refractivity contribution in [3.05, 3.63) is 128 Å². The van der Waals surface area contributed by atoms with Crippen LogP contribution in [0.4, 0.5) is 17.1 Å². The molecule has 0 heterocycles. The molecule has 0 aliphatic heterocycles. The normalized spacial score (nSPS) is 11.4. The third-order valence-corrected chi connectivity index (χ3v) is 7.24. The average Bonchev–Trinajstić information content (AvgIpc) is 2.90. The van der Waals surface area contributed by atoms with Gasteiger partial charge in [-0.2, -0.15) is 0 Å². The first kappa shape index (κ1) is 26.2. The van der Waals surface area contributed by atoms with Crippen molar-refractivity contribution in [1.82, 2.24) is 0 Å². The second kappa shape index (κ2) is 11.9. The number of rotatable bonds is 8. The van der Waals surface area contributed by atoms with Crippen molar-refractivity contribution < 1.29 is 14.5 Å². The number of nitrogens with one attached hydrogen (secondary N) is 2. The van der Waals surface area contributed by atoms with Gasteiger partial charge >= 0.3 is 0 Å². The molecule has 37 heavy (non-hydrogen) atoms. The average molecular weight is 552 g/mol. The Hall–Kier alpha value is -3.85. The van der Waals surface area contributed by atoms with Gasteiger partial charge in [0.05, 0.1) is 15.0 Å². The monoisotopic (exact) mass is 551 g/mol. The maximum absolute atomic E-state index is 13.2. The Bertz CT molecular complexity index is 1430. The van der Waals surface area contributed by atoms with Gasteiger partial charge in [0, 0.05) is 34.0 Å². The summed E-state index contributed by atoms with van der Waals surface area (Å²) in [5.41, 5.74) is 2.11. The van der Waals surface area contributed by atoms with Gasteiger partial charge in [0.25, 0.3) is 11.6 Å². The second-order valence-corrected chi connectivity index (χ2v) is 9.80. The van der Waals surface area contributed by atoms with Gasteiger partial charge in [-0.1, -0.05) is 53.5 Å². The van der Waals surface area contributed by atoms with Gasteiger partial charge in [-0.15, -0.1) is 11.8 Å². The Morgan fingerprint density at radius 2 is 1.43 bits per heavy atom. The number of hydrogen-bond acceptors (Lipinski definition) is 5. The van der Waals surface area contributed by atoms with Crippen LogP contribution >= 0.6 is 35.0 Å². The first-order chi connectivity index (χ1) is 17.8. The molecule has 186 valence electrons. The summed E-state index contributed by atoms with van der Waals surface area (Å²) in [5, 5.41) is 16.6. The molecular weight excluding hydrogens is 533 g/mol. The highest BCUT2D eigenvalue weighted by Crippen LogP contribution is 2.37. The van der Waals surface area contributed by atoms with Crippen LogP contribution < -0.4 is 10.6 Å². The molecule has 4 rings (SSSR count). The number of hydrogen-bond donors (Lipinski definition) is 2. The molecule has 0 fully saturated rings. The Morgan fingerprint density at radius 1 is 0.784 bits per heavy atom. The van der Waals surface area contributed by atoms with Gasteiger partial charge < -0.3 is 10.6 Å². The van der Waals surface area contributed by atoms with E-state index < -0.39 is 16.1 Å². The number of nitrogens with zero attached hydrogens (tertiary/aromatic N) is 1. The first-order valence-corrected chi connectivity index (χ1v) is 12.6. The smallest absolute Gasteiger partial charge is 0.269 e. The summed E-state index contributed by atoms with van der Waals surface area (Å²) in [4.78, 5) is 36.8. The fourth-order valence-electron chi connectivity index (χ4n) is 3.37. The molecule has 2 amide bonds. The molecule has 0 aromatic heterocycles. The number of carbonyl (C=O) groups is 2. The molecule has 0 radical (unpaired) electrons. The maximum Gasteiger partial charge on any atom is 0.269 e. The largest absolute Gasteiger partial charge is 0.325 e. The van der Waals surface area contributed by atoms with Crippen LogP contribution in [-0.4, -0.2) is 16.7 Å². The number of thioether (sulfide) groups is 1. The number of amides is 2. The van der Waals surface area contributed by atoms with Crippen LogP contribution in [0.2, 0.25) is 10.0 Å². The van der Waals surface area contributed by atoms with Crippen LogP contribution in [0.1, 0.15) is 21.2 Å². The molecule has 0 saturated heterocycles. The van der Waals surface area contributed by atoms with E-state index in [1.807, 2.05) is 30.3 Å². The highest BCUT2D eigenvalue weighted by molar-refractivity contribution is 8.00. The predicted molar refractivity (Wildman–Crippen MR) is 148 cm³/mol. The minimum Gasteiger partial charge on any atom is -0.325 e. The lowest BCUT2D eigenvalue weighted by Gasteiger charge is -2.17. The number of non-ortho nitro benzene ring substituents is 1. The van der Waals surface area contributed by atoms with Gasteiger partial charge in [-0.25, -0.2) is 0 Å². The van der Waals surface area contributed by atoms with Crippen molar-refractivity contribution in [2.24, 2.45) is 0 Å². The number of benzene rings is 4. The molecule has 0 bridgehead atoms. The van der Waals surface area contributed by atoms with Crippen LogP contribution in [0, 0.1) is 10.1 Å². The molecular formula is C27H19Cl2N3O4S. The number of nitro benzene ring substituents is 1. The molecule has 0 saturated carbocycles. The predicted octanol–water partition coefficient (Wildman–Crippen LogP) is 7.63. The van der Waals surface area contributed by atoms with E-state index in [0.29, 0.717) is 27.0 Å². The Labute approximate surface area is 227 Å². The van der Waals surface area contributed by atoms with E-state index in [-0.39, 0.29) is 11.6 Å². The van der Waals surface area contributed by atoms with Gasteiger partial charge in [-0.05, 0) is 60.2 Å². The summed E-state index contributed by atoms with van der Waals surface area (Å²) in [7, 11) is 0. The molecule has 7 nitrogen and oxygen atoms in total. The van der Waals surface area contributed by atoms with E-state index in [1.165, 1.54) is 36.0 Å². The Kier molecular flexibility index (Phi) is 8.45. The third kappa shape index (κ3) is 6.89. The zero-order valence-corrected chi connectivity index (χ0v) is 21.4. The zero-order chi connectivity index (χ0) is 26.4. The summed E-state index contributed by atoms with van der Waals surface area (Å²) >= 11 is 13.4. The topological polar surface area (TPSA) is 101 Å². The Morgan fingerprint density at radius 3 is 2.05 bits per heavy atom. The van der Waals surface area contributed by atoms with Crippen molar-refractivity contribution in [3.63, 3.8) is 0 Å². The number of nitro groups is 1. The van der Waals surface area contributed by atoms with Crippen LogP contribution in [0.25, 0.3) is 0 Å². The first-order valence-electron chi connectivity index (χ1n) is 10.9. The minimum atomic E-state index is -0.559. The lowest BCUT2D eigenvalue weighted by Crippen LogP contribution is -2.19. The molecule has 4 aromatic rings. The number of halogens is 2. The minimum absolute atomic E-state index is 0.0888. The molecule has 2 N–H and O–H groups in total. The van der Waals surface area contributed by atoms with E-state index in [9.17, 15) is 19.7 Å². The zero-order valence-electron chi connectivity index (χ0n) is 19.1. The molecule has 4 aromatic carbocycles. The van der Waals surface area contributed by atoms with Crippen molar-refractivity contribution in [3.8, 4) is 0 Å². The summed E-state index contributed by atoms with van der Waals surface area (Å²) in [5.74, 6) is -0.622. The highest BCUT2D eigenvalue weighted by Gasteiger charge is 2.22. The molecule has 1 atom stereocenters. The third-order valence-electron chi connectivity index (χ3n) is 5.23. The number of anilines is 2. The van der Waals surface area contributed by atoms with E-state index in [4.69, 9.17) is 23.2 Å². The standard InChI is InChI=1S/C27H19Cl2N3O4S/c28-23-15-10-20(16-24(23)29)31-27(34)25(17-4-2-1-3-5-17)37-22-13-8-19(9-14-22)30-26(33)18-6-11-21(12-7-18)32(35)36/h1-16,25H,(H,30,33)(H,31,34). The summed E-state index contributed by atoms with van der Waals surface area (Å²) in [6, 6.07) is 26.7. The van der Waals surface area contributed by atoms with Gasteiger partial charge in [-0.3, -0.25) is 19.7 Å². The lowest BCUT2D eigenvalue weighted by molar-refractivity contribution is -0.384. The fourth-order valence-corrected chi connectivity index (χ4v) is 4.70. The summed E-state index contributed by atoms with van der Waals surface area (Å²) in [6.45, 7) is 0. The van der Waals surface area contributed by atoms with Crippen molar-refractivity contribution in [2.75, 3.05) is 10.6 Å². The van der Waals surface area contributed by atoms with E-state index in [1.54, 1.807) is 42.5 Å². The maximum atomic E-state index is 13.2. The van der Waals surface area contributed by atoms with E-state index in [2.05, 4.69) is 10.6 Å². The van der Waals surface area contributed by atoms with E-state index in [0.717, 1.165) is 10.5 Å².